The number of anilines is 1. The van der Waals surface area contributed by atoms with E-state index in [0.717, 1.165) is 48.5 Å². The van der Waals surface area contributed by atoms with E-state index in [4.69, 9.17) is 21.1 Å². The van der Waals surface area contributed by atoms with E-state index >= 15 is 0 Å². The van der Waals surface area contributed by atoms with E-state index in [1.54, 1.807) is 25.1 Å². The Balaban J connectivity index is 0.000000206. The second-order valence-electron chi connectivity index (χ2n) is 13.2. The van der Waals surface area contributed by atoms with Crippen molar-refractivity contribution in [2.24, 2.45) is 10.9 Å². The Labute approximate surface area is 305 Å². The van der Waals surface area contributed by atoms with Crippen LogP contribution in [0.5, 0.6) is 5.75 Å². The van der Waals surface area contributed by atoms with Crippen LogP contribution in [0.15, 0.2) is 58.6 Å². The molecule has 3 heterocycles. The zero-order valence-corrected chi connectivity index (χ0v) is 30.1. The predicted octanol–water partition coefficient (Wildman–Crippen LogP) is 6.56. The van der Waals surface area contributed by atoms with Gasteiger partial charge in [-0.05, 0) is 63.1 Å². The number of carbonyl (C=O) groups excluding carboxylic acids is 4. The first-order valence-electron chi connectivity index (χ1n) is 17.2. The topological polar surface area (TPSA) is 165 Å². The molecule has 6 rings (SSSR count). The summed E-state index contributed by atoms with van der Waals surface area (Å²) in [6, 6.07) is 10.9. The molecule has 0 saturated heterocycles. The number of rotatable bonds is 11. The molecule has 0 fully saturated rings. The van der Waals surface area contributed by atoms with E-state index < -0.39 is 41.7 Å². The summed E-state index contributed by atoms with van der Waals surface area (Å²) in [5.41, 5.74) is 0.623. The van der Waals surface area contributed by atoms with Crippen LogP contribution >= 0.6 is 11.6 Å². The predicted molar refractivity (Wildman–Crippen MR) is 192 cm³/mol. The minimum Gasteiger partial charge on any atom is -0.480 e. The summed E-state index contributed by atoms with van der Waals surface area (Å²) < 4.78 is 25.0. The normalized spacial score (nSPS) is 18.2. The van der Waals surface area contributed by atoms with Gasteiger partial charge in [0.15, 0.2) is 12.4 Å². The largest absolute Gasteiger partial charge is 0.480 e. The summed E-state index contributed by atoms with van der Waals surface area (Å²) in [6.45, 7) is 7.47. The average molecular weight is 735 g/mol. The number of imide groups is 1. The molecule has 0 saturated carbocycles. The van der Waals surface area contributed by atoms with Crippen LogP contribution in [0.1, 0.15) is 88.7 Å². The first kappa shape index (κ1) is 38.1. The van der Waals surface area contributed by atoms with Gasteiger partial charge in [-0.3, -0.25) is 14.4 Å². The molecule has 0 radical (unpaired) electrons. The fraction of sp³-hybridized carbons (Fsp3) is 0.395. The van der Waals surface area contributed by atoms with Crippen LogP contribution in [0.2, 0.25) is 5.02 Å². The van der Waals surface area contributed by atoms with E-state index in [1.807, 2.05) is 32.9 Å². The van der Waals surface area contributed by atoms with Crippen molar-refractivity contribution in [2.75, 3.05) is 18.1 Å². The molecule has 0 bridgehead atoms. The van der Waals surface area contributed by atoms with Crippen LogP contribution in [-0.4, -0.2) is 64.3 Å². The maximum atomic E-state index is 14.5. The third kappa shape index (κ3) is 7.84. The highest BCUT2D eigenvalue weighted by Crippen LogP contribution is 2.39. The molecule has 3 aromatic rings. The highest BCUT2D eigenvalue weighted by atomic mass is 35.5. The summed E-state index contributed by atoms with van der Waals surface area (Å²) in [6.07, 6.45) is 5.40. The molecule has 274 valence electrons. The van der Waals surface area contributed by atoms with Crippen molar-refractivity contribution in [1.29, 1.82) is 0 Å². The van der Waals surface area contributed by atoms with E-state index in [2.05, 4.69) is 15.3 Å². The highest BCUT2D eigenvalue weighted by molar-refractivity contribution is 6.34. The lowest BCUT2D eigenvalue weighted by atomic mass is 9.89. The standard InChI is InChI=1S/C21H23ClFNO5.C17H17N3O3/c1-2-3-6-9-28-19(25)12-29-18-11-17(16(23)10-15(18)22)24-20(26)13-7-4-5-8-14(13)21(24)27;1-9(2)17(3)16(23)19-14(20-17)13-11(15(21)22)8-10-6-4-5-7-12(10)18-13/h10-11H,2-9,12H2,1H3;4-9H,1-3H3,(H,21,22)(H,19,20,23). The lowest BCUT2D eigenvalue weighted by Crippen LogP contribution is -2.41. The lowest BCUT2D eigenvalue weighted by molar-refractivity contribution is -0.146. The molecular weight excluding hydrogens is 695 g/mol. The number of aromatic nitrogens is 1. The van der Waals surface area contributed by atoms with Crippen molar-refractivity contribution in [1.82, 2.24) is 10.3 Å². The van der Waals surface area contributed by atoms with Crippen LogP contribution in [-0.2, 0) is 23.9 Å². The number of unbranched alkanes of at least 4 members (excludes halogenated alkanes) is 2. The van der Waals surface area contributed by atoms with Crippen molar-refractivity contribution in [3.05, 3.63) is 75.7 Å². The maximum Gasteiger partial charge on any atom is 0.344 e. The van der Waals surface area contributed by atoms with Crippen LogP contribution in [0.4, 0.5) is 10.1 Å². The number of hydrogen-bond acceptors (Lipinski definition) is 9. The zero-order valence-electron chi connectivity index (χ0n) is 29.4. The number of esters is 1. The number of amides is 3. The number of amidine groups is 1. The quantitative estimate of drug-likeness (QED) is 0.126. The molecule has 12 nitrogen and oxygen atoms in total. The summed E-state index contributed by atoms with van der Waals surface area (Å²) in [7, 11) is 0. The fourth-order valence-electron chi connectivity index (χ4n) is 5.98. The third-order valence-electron chi connectivity index (χ3n) is 9.33. The Morgan fingerprint density at radius 1 is 1.06 bits per heavy atom. The number of ether oxygens (including phenoxy) is 2. The molecule has 2 aromatic carbocycles. The molecule has 1 unspecified atom stereocenters. The average Bonchev–Trinajstić information content (AvgIpc) is 3.57. The van der Waals surface area contributed by atoms with Gasteiger partial charge in [0.2, 0.25) is 0 Å². The van der Waals surface area contributed by atoms with Crippen LogP contribution in [0.25, 0.3) is 10.9 Å². The number of pyridine rings is 1. The van der Waals surface area contributed by atoms with Crippen LogP contribution in [0.3, 0.4) is 0 Å². The molecule has 2 N–H and O–H groups in total. The number of aromatic carboxylic acids is 1. The molecule has 2 aliphatic heterocycles. The van der Waals surface area contributed by atoms with Crippen molar-refractivity contribution < 1.29 is 42.9 Å². The highest BCUT2D eigenvalue weighted by Gasteiger charge is 2.43. The summed E-state index contributed by atoms with van der Waals surface area (Å²) in [5, 5.41) is 12.8. The molecule has 0 spiro atoms. The molecule has 1 aliphatic carbocycles. The van der Waals surface area contributed by atoms with E-state index in [-0.39, 0.29) is 45.4 Å². The molecule has 3 amide bonds. The Hall–Kier alpha value is -5.17. The first-order chi connectivity index (χ1) is 24.8. The van der Waals surface area contributed by atoms with Crippen LogP contribution in [0, 0.1) is 11.7 Å². The van der Waals surface area contributed by atoms with Gasteiger partial charge in [-0.15, -0.1) is 0 Å². The molecule has 1 aromatic heterocycles. The summed E-state index contributed by atoms with van der Waals surface area (Å²) in [4.78, 5) is 70.7. The van der Waals surface area contributed by atoms with Gasteiger partial charge in [0.25, 0.3) is 17.7 Å². The lowest BCUT2D eigenvalue weighted by Gasteiger charge is -2.21. The molecule has 1 atom stereocenters. The number of nitrogens with one attached hydrogen (secondary N) is 1. The minimum atomic E-state index is -1.10. The van der Waals surface area contributed by atoms with Gasteiger partial charge in [0.05, 0.1) is 28.4 Å². The van der Waals surface area contributed by atoms with Gasteiger partial charge in [-0.1, -0.05) is 63.4 Å². The van der Waals surface area contributed by atoms with E-state index in [9.17, 15) is 33.5 Å². The summed E-state index contributed by atoms with van der Waals surface area (Å²) >= 11 is 6.02. The van der Waals surface area contributed by atoms with E-state index in [1.165, 1.54) is 6.07 Å². The Morgan fingerprint density at radius 3 is 2.35 bits per heavy atom. The molecular formula is C38H40ClFN4O8. The molecule has 52 heavy (non-hydrogen) atoms. The Morgan fingerprint density at radius 2 is 1.73 bits per heavy atom. The molecule has 3 aliphatic rings. The van der Waals surface area contributed by atoms with Gasteiger partial charge >= 0.3 is 11.9 Å². The number of para-hydroxylation sites is 1. The van der Waals surface area contributed by atoms with Crippen molar-refractivity contribution >= 4 is 63.7 Å². The number of nitrogens with zero attached hydrogens (tertiary/aromatic N) is 3. The van der Waals surface area contributed by atoms with Crippen LogP contribution < -0.4 is 15.0 Å². The van der Waals surface area contributed by atoms with Crippen molar-refractivity contribution in [3.8, 4) is 5.75 Å². The monoisotopic (exact) mass is 734 g/mol. The number of aliphatic imine (C=N–C) groups is 1. The summed E-state index contributed by atoms with van der Waals surface area (Å²) in [5.74, 6) is -3.55. The maximum absolute atomic E-state index is 14.5. The Kier molecular flexibility index (Phi) is 11.7. The second kappa shape index (κ2) is 16.0. The number of carboxylic acids is 1. The van der Waals surface area contributed by atoms with Gasteiger partial charge in [0, 0.05) is 22.6 Å². The minimum absolute atomic E-state index is 0.000883. The number of benzene rings is 2. The smallest absolute Gasteiger partial charge is 0.344 e. The molecule has 14 heteroatoms. The Bertz CT molecular complexity index is 1980. The van der Waals surface area contributed by atoms with Crippen molar-refractivity contribution in [2.45, 2.75) is 78.2 Å². The SMILES string of the molecule is CC(C)C1(C)N=C(c2nc3ccccc3cc2C(=O)O)NC1=O.CCCCCOC(=O)COc1cc(N2C(=O)C3=C(CCCC3)C2=O)c(F)cc1Cl. The number of carbonyl (C=O) groups is 5. The van der Waals surface area contributed by atoms with Gasteiger partial charge in [0.1, 0.15) is 22.8 Å². The second-order valence-corrected chi connectivity index (χ2v) is 13.6. The number of carboxylic acid groups (broad SMARTS) is 1. The number of hydrogen-bond donors (Lipinski definition) is 2. The number of halogens is 2. The van der Waals surface area contributed by atoms with Gasteiger partial charge < -0.3 is 19.9 Å². The zero-order chi connectivity index (χ0) is 37.7. The van der Waals surface area contributed by atoms with Gasteiger partial charge in [-0.25, -0.2) is 28.9 Å². The van der Waals surface area contributed by atoms with Crippen molar-refractivity contribution in [3.63, 3.8) is 0 Å². The third-order valence-corrected chi connectivity index (χ3v) is 9.62. The first-order valence-corrected chi connectivity index (χ1v) is 17.6. The number of fused-ring (bicyclic) bond motifs is 1. The van der Waals surface area contributed by atoms with Gasteiger partial charge in [-0.2, -0.15) is 0 Å². The van der Waals surface area contributed by atoms with E-state index in [0.29, 0.717) is 36.1 Å². The fourth-order valence-corrected chi connectivity index (χ4v) is 6.19.